The molecule has 7 heteroatoms. The number of aromatic nitrogens is 2. The Morgan fingerprint density at radius 2 is 1.50 bits per heavy atom. The molecule has 1 aromatic heterocycles. The minimum absolute atomic E-state index is 0.108. The molecule has 1 fully saturated rings. The fourth-order valence-corrected chi connectivity index (χ4v) is 5.60. The highest BCUT2D eigenvalue weighted by Crippen LogP contribution is 2.38. The number of H-pyrrole nitrogens is 1. The Bertz CT molecular complexity index is 1310. The Balaban J connectivity index is 1.54. The molecule has 1 aliphatic heterocycles. The van der Waals surface area contributed by atoms with Gasteiger partial charge in [0.05, 0.1) is 5.02 Å². The Morgan fingerprint density at radius 3 is 2.21 bits per heavy atom. The van der Waals surface area contributed by atoms with E-state index in [1.807, 2.05) is 48.5 Å². The topological polar surface area (TPSA) is 61.3 Å². The Morgan fingerprint density at radius 1 is 0.853 bits per heavy atom. The van der Waals surface area contributed by atoms with Crippen molar-refractivity contribution in [1.82, 2.24) is 9.78 Å². The second-order valence-corrected chi connectivity index (χ2v) is 9.91. The van der Waals surface area contributed by atoms with Crippen LogP contribution >= 0.6 is 23.4 Å². The van der Waals surface area contributed by atoms with Crippen LogP contribution in [0.15, 0.2) is 93.4 Å². The maximum absolute atomic E-state index is 12.9. The number of piperidine rings is 1. The van der Waals surface area contributed by atoms with E-state index in [0.29, 0.717) is 9.92 Å². The summed E-state index contributed by atoms with van der Waals surface area (Å²) >= 11 is 7.46. The number of benzene rings is 3. The van der Waals surface area contributed by atoms with Gasteiger partial charge >= 0.3 is 0 Å². The molecule has 5 nitrogen and oxygen atoms in total. The lowest BCUT2D eigenvalue weighted by atomic mass is 9.98. The molecule has 1 atom stereocenters. The Hall–Kier alpha value is -3.09. The predicted molar refractivity (Wildman–Crippen MR) is 138 cm³/mol. The van der Waals surface area contributed by atoms with Crippen LogP contribution in [-0.2, 0) is 0 Å². The lowest BCUT2D eigenvalue weighted by molar-refractivity contribution is 0.384. The highest BCUT2D eigenvalue weighted by atomic mass is 35.5. The van der Waals surface area contributed by atoms with Gasteiger partial charge in [-0.1, -0.05) is 78.0 Å². The Kier molecular flexibility index (Phi) is 6.70. The van der Waals surface area contributed by atoms with E-state index in [1.54, 1.807) is 10.7 Å². The maximum atomic E-state index is 12.9. The van der Waals surface area contributed by atoms with Crippen molar-refractivity contribution >= 4 is 29.1 Å². The van der Waals surface area contributed by atoms with Crippen LogP contribution in [0.2, 0.25) is 5.02 Å². The minimum Gasteiger partial charge on any atom is -0.493 e. The van der Waals surface area contributed by atoms with Gasteiger partial charge in [-0.05, 0) is 54.7 Å². The second kappa shape index (κ2) is 10.0. The van der Waals surface area contributed by atoms with Crippen LogP contribution in [0.25, 0.3) is 0 Å². The number of hydrogen-bond donors (Lipinski definition) is 2. The second-order valence-electron chi connectivity index (χ2n) is 8.45. The standard InChI is InChI=1S/C27H26ClN3O2S/c28-22-11-5-6-12-23(22)34-25-26(32)29-31(27(25)33)24(19-9-3-1-4-10-19)20-13-15-21(16-14-20)30-17-7-2-8-18-30/h1,3-6,9-16,24,33H,2,7-8,17-18H2,(H,29,32). The third-order valence-corrected chi connectivity index (χ3v) is 7.80. The van der Waals surface area contributed by atoms with Gasteiger partial charge in [-0.25, -0.2) is 4.68 Å². The average Bonchev–Trinajstić information content (AvgIpc) is 3.15. The maximum Gasteiger partial charge on any atom is 0.282 e. The Labute approximate surface area is 208 Å². The van der Waals surface area contributed by atoms with Gasteiger partial charge in [-0.15, -0.1) is 0 Å². The SMILES string of the molecule is O=c1[nH]n(C(c2ccccc2)c2ccc(N3CCCCC3)cc2)c(O)c1Sc1ccccc1Cl. The van der Waals surface area contributed by atoms with E-state index in [9.17, 15) is 9.90 Å². The molecule has 2 N–H and O–H groups in total. The van der Waals surface area contributed by atoms with Gasteiger partial charge in [0.15, 0.2) is 0 Å². The van der Waals surface area contributed by atoms with Crippen LogP contribution in [0.1, 0.15) is 36.4 Å². The number of anilines is 1. The average molecular weight is 492 g/mol. The number of rotatable bonds is 6. The van der Waals surface area contributed by atoms with Gasteiger partial charge in [0.2, 0.25) is 5.88 Å². The van der Waals surface area contributed by atoms with E-state index >= 15 is 0 Å². The number of aromatic amines is 1. The highest BCUT2D eigenvalue weighted by Gasteiger charge is 2.25. The van der Waals surface area contributed by atoms with Crippen LogP contribution < -0.4 is 10.5 Å². The summed E-state index contributed by atoms with van der Waals surface area (Å²) in [6, 6.07) is 25.2. The first-order valence-corrected chi connectivity index (χ1v) is 12.7. The highest BCUT2D eigenvalue weighted by molar-refractivity contribution is 7.99. The molecule has 34 heavy (non-hydrogen) atoms. The molecule has 0 aliphatic carbocycles. The molecule has 3 aromatic carbocycles. The lowest BCUT2D eigenvalue weighted by Crippen LogP contribution is -2.29. The van der Waals surface area contributed by atoms with Gasteiger partial charge in [0.1, 0.15) is 10.9 Å². The first kappa shape index (κ1) is 22.7. The van der Waals surface area contributed by atoms with Crippen molar-refractivity contribution in [1.29, 1.82) is 0 Å². The molecule has 0 bridgehead atoms. The van der Waals surface area contributed by atoms with E-state index in [4.69, 9.17) is 11.6 Å². The number of hydrogen-bond acceptors (Lipinski definition) is 4. The molecular weight excluding hydrogens is 466 g/mol. The lowest BCUT2D eigenvalue weighted by Gasteiger charge is -2.29. The first-order chi connectivity index (χ1) is 16.6. The number of nitrogens with one attached hydrogen (secondary N) is 1. The van der Waals surface area contributed by atoms with Gasteiger partial charge in [0, 0.05) is 23.7 Å². The van der Waals surface area contributed by atoms with Crippen LogP contribution in [0.5, 0.6) is 5.88 Å². The van der Waals surface area contributed by atoms with E-state index in [-0.39, 0.29) is 22.4 Å². The van der Waals surface area contributed by atoms with E-state index in [2.05, 4.69) is 34.3 Å². The molecule has 174 valence electrons. The van der Waals surface area contributed by atoms with E-state index in [0.717, 1.165) is 36.0 Å². The first-order valence-electron chi connectivity index (χ1n) is 11.5. The summed E-state index contributed by atoms with van der Waals surface area (Å²) in [4.78, 5) is 16.2. The van der Waals surface area contributed by atoms with Crippen molar-refractivity contribution in [3.63, 3.8) is 0 Å². The van der Waals surface area contributed by atoms with Crippen LogP contribution in [-0.4, -0.2) is 28.0 Å². The van der Waals surface area contributed by atoms with Gasteiger partial charge in [-0.2, -0.15) is 0 Å². The summed E-state index contributed by atoms with van der Waals surface area (Å²) in [6.07, 6.45) is 3.73. The zero-order valence-electron chi connectivity index (χ0n) is 18.7. The fourth-order valence-electron chi connectivity index (χ4n) is 4.49. The third-order valence-electron chi connectivity index (χ3n) is 6.21. The molecule has 2 heterocycles. The molecule has 0 radical (unpaired) electrons. The number of aromatic hydroxyl groups is 1. The number of nitrogens with zero attached hydrogens (tertiary/aromatic N) is 2. The molecule has 1 saturated heterocycles. The fraction of sp³-hybridized carbons (Fsp3) is 0.222. The summed E-state index contributed by atoms with van der Waals surface area (Å²) in [5, 5.41) is 14.6. The predicted octanol–water partition coefficient (Wildman–Crippen LogP) is 6.31. The van der Waals surface area contributed by atoms with Crippen LogP contribution in [0.3, 0.4) is 0 Å². The van der Waals surface area contributed by atoms with Crippen LogP contribution in [0, 0.1) is 0 Å². The summed E-state index contributed by atoms with van der Waals surface area (Å²) in [5.41, 5.74) is 2.79. The van der Waals surface area contributed by atoms with E-state index in [1.165, 1.54) is 24.9 Å². The van der Waals surface area contributed by atoms with Crippen molar-refractivity contribution in [3.05, 3.63) is 105 Å². The van der Waals surface area contributed by atoms with Gasteiger partial charge in [-0.3, -0.25) is 9.89 Å². The largest absolute Gasteiger partial charge is 0.493 e. The normalized spacial score (nSPS) is 14.8. The summed E-state index contributed by atoms with van der Waals surface area (Å²) in [5.74, 6) is -0.108. The van der Waals surface area contributed by atoms with Gasteiger partial charge < -0.3 is 10.0 Å². The quantitative estimate of drug-likeness (QED) is 0.331. The molecular formula is C27H26ClN3O2S. The smallest absolute Gasteiger partial charge is 0.282 e. The van der Waals surface area contributed by atoms with Crippen LogP contribution in [0.4, 0.5) is 5.69 Å². The monoisotopic (exact) mass is 491 g/mol. The summed E-state index contributed by atoms with van der Waals surface area (Å²) in [7, 11) is 0. The number of halogens is 1. The molecule has 1 unspecified atom stereocenters. The molecule has 1 aliphatic rings. The molecule has 5 rings (SSSR count). The van der Waals surface area contributed by atoms with Crippen molar-refractivity contribution in [3.8, 4) is 5.88 Å². The molecule has 0 amide bonds. The van der Waals surface area contributed by atoms with Crippen molar-refractivity contribution < 1.29 is 5.11 Å². The summed E-state index contributed by atoms with van der Waals surface area (Å²) in [6.45, 7) is 2.16. The van der Waals surface area contributed by atoms with Gasteiger partial charge in [0.25, 0.3) is 5.56 Å². The minimum atomic E-state index is -0.384. The zero-order chi connectivity index (χ0) is 23.5. The van der Waals surface area contributed by atoms with Crippen molar-refractivity contribution in [2.45, 2.75) is 35.1 Å². The van der Waals surface area contributed by atoms with Crippen molar-refractivity contribution in [2.75, 3.05) is 18.0 Å². The molecule has 0 spiro atoms. The van der Waals surface area contributed by atoms with E-state index < -0.39 is 0 Å². The van der Waals surface area contributed by atoms with Crippen molar-refractivity contribution in [2.24, 2.45) is 0 Å². The molecule has 4 aromatic rings. The molecule has 0 saturated carbocycles. The zero-order valence-corrected chi connectivity index (χ0v) is 20.2. The summed E-state index contributed by atoms with van der Waals surface area (Å²) < 4.78 is 1.55. The third kappa shape index (κ3) is 4.61.